The Morgan fingerprint density at radius 3 is 2.27 bits per heavy atom. The van der Waals surface area contributed by atoms with Crippen molar-refractivity contribution in [2.45, 2.75) is 17.4 Å². The third-order valence-corrected chi connectivity index (χ3v) is 7.61. The van der Waals surface area contributed by atoms with E-state index in [0.29, 0.717) is 17.2 Å². The van der Waals surface area contributed by atoms with Gasteiger partial charge in [-0.25, -0.2) is 22.9 Å². The molecular formula is C29H25N5O5S. The average Bonchev–Trinajstić information content (AvgIpc) is 3.35. The molecule has 5 N–H and O–H groups in total. The monoisotopic (exact) mass is 555 g/mol. The number of aliphatic carboxylic acids is 1. The van der Waals surface area contributed by atoms with E-state index in [1.54, 1.807) is 60.7 Å². The number of nitrogens with one attached hydrogen (secondary N) is 4. The lowest BCUT2D eigenvalue weighted by Gasteiger charge is -2.18. The first-order valence-corrected chi connectivity index (χ1v) is 13.8. The quantitative estimate of drug-likeness (QED) is 0.165. The minimum Gasteiger partial charge on any atom is -0.481 e. The maximum Gasteiger partial charge on any atom is 0.326 e. The molecule has 0 aliphatic heterocycles. The second kappa shape index (κ2) is 11.4. The van der Waals surface area contributed by atoms with Crippen LogP contribution in [-0.4, -0.2) is 35.5 Å². The van der Waals surface area contributed by atoms with Gasteiger partial charge in [0.1, 0.15) is 0 Å². The molecule has 10 nitrogen and oxygen atoms in total. The number of hydrogen-bond acceptors (Lipinski definition) is 5. The van der Waals surface area contributed by atoms with Crippen LogP contribution in [0.15, 0.2) is 108 Å². The molecule has 1 heterocycles. The highest BCUT2D eigenvalue weighted by atomic mass is 32.2. The van der Waals surface area contributed by atoms with Gasteiger partial charge in [-0.1, -0.05) is 66.7 Å². The van der Waals surface area contributed by atoms with Crippen molar-refractivity contribution < 1.29 is 23.1 Å². The Morgan fingerprint density at radius 2 is 1.55 bits per heavy atom. The topological polar surface area (TPSA) is 153 Å². The first-order valence-electron chi connectivity index (χ1n) is 12.3. The van der Waals surface area contributed by atoms with Crippen molar-refractivity contribution in [2.75, 3.05) is 10.6 Å². The number of nitrogens with zero attached hydrogens (tertiary/aromatic N) is 1. The largest absolute Gasteiger partial charge is 0.481 e. The van der Waals surface area contributed by atoms with Gasteiger partial charge in [0.15, 0.2) is 0 Å². The van der Waals surface area contributed by atoms with Crippen LogP contribution in [0.1, 0.15) is 18.0 Å². The van der Waals surface area contributed by atoms with Gasteiger partial charge in [-0.15, -0.1) is 0 Å². The van der Waals surface area contributed by atoms with Crippen LogP contribution in [0.25, 0.3) is 22.2 Å². The standard InChI is InChI=1S/C29H25N5O5S/c35-27(36)18-26(20-7-2-1-3-8-20)34-40(38,39)23-15-13-19(14-16-23)21-9-6-10-22(17-21)30-29(37)33-28-31-24-11-4-5-12-25(24)32-28/h1-17,26,34H,18H2,(H,35,36)(H3,30,31,32,33,37)/t26-/m1/s1. The molecule has 2 amide bonds. The number of hydrogen-bond donors (Lipinski definition) is 5. The molecule has 5 rings (SSSR count). The van der Waals surface area contributed by atoms with Gasteiger partial charge < -0.3 is 15.4 Å². The second-order valence-electron chi connectivity index (χ2n) is 8.97. The van der Waals surface area contributed by atoms with Crippen molar-refractivity contribution in [1.82, 2.24) is 14.7 Å². The lowest BCUT2D eigenvalue weighted by Crippen LogP contribution is -2.30. The molecule has 0 spiro atoms. The number of carboxylic acids is 1. The van der Waals surface area contributed by atoms with Gasteiger partial charge in [0, 0.05) is 5.69 Å². The number of anilines is 2. The lowest BCUT2D eigenvalue weighted by molar-refractivity contribution is -0.137. The van der Waals surface area contributed by atoms with Crippen LogP contribution in [0.2, 0.25) is 0 Å². The van der Waals surface area contributed by atoms with Gasteiger partial charge in [-0.3, -0.25) is 10.1 Å². The van der Waals surface area contributed by atoms with Crippen molar-refractivity contribution in [3.05, 3.63) is 109 Å². The molecule has 0 saturated carbocycles. The molecule has 5 aromatic rings. The molecule has 0 bridgehead atoms. The summed E-state index contributed by atoms with van der Waals surface area (Å²) in [4.78, 5) is 31.2. The number of aromatic amines is 1. The number of H-pyrrole nitrogens is 1. The Balaban J connectivity index is 1.28. The van der Waals surface area contributed by atoms with Crippen LogP contribution in [-0.2, 0) is 14.8 Å². The summed E-state index contributed by atoms with van der Waals surface area (Å²) in [5.41, 5.74) is 4.11. The summed E-state index contributed by atoms with van der Waals surface area (Å²) in [7, 11) is -4.00. The predicted octanol–water partition coefficient (Wildman–Crippen LogP) is 5.37. The van der Waals surface area contributed by atoms with E-state index in [9.17, 15) is 23.1 Å². The van der Waals surface area contributed by atoms with Crippen molar-refractivity contribution in [3.8, 4) is 11.1 Å². The van der Waals surface area contributed by atoms with Gasteiger partial charge in [0.05, 0.1) is 28.4 Å². The number of aromatic nitrogens is 2. The Labute approximate surface area is 230 Å². The first kappa shape index (κ1) is 26.6. The van der Waals surface area contributed by atoms with Crippen molar-refractivity contribution >= 4 is 44.7 Å². The maximum absolute atomic E-state index is 13.1. The van der Waals surface area contributed by atoms with Gasteiger partial charge in [0.25, 0.3) is 0 Å². The number of rotatable bonds is 9. The molecule has 0 unspecified atom stereocenters. The van der Waals surface area contributed by atoms with Crippen LogP contribution < -0.4 is 15.4 Å². The summed E-state index contributed by atoms with van der Waals surface area (Å²) >= 11 is 0. The van der Waals surface area contributed by atoms with Gasteiger partial charge in [0.2, 0.25) is 16.0 Å². The zero-order valence-electron chi connectivity index (χ0n) is 21.0. The smallest absolute Gasteiger partial charge is 0.326 e. The van der Waals surface area contributed by atoms with Crippen LogP contribution in [0, 0.1) is 0 Å². The Bertz CT molecular complexity index is 1740. The summed E-state index contributed by atoms with van der Waals surface area (Å²) in [5.74, 6) is -0.801. The summed E-state index contributed by atoms with van der Waals surface area (Å²) < 4.78 is 28.6. The zero-order chi connectivity index (χ0) is 28.1. The minimum atomic E-state index is -4.00. The number of carboxylic acid groups (broad SMARTS) is 1. The van der Waals surface area contributed by atoms with Crippen molar-refractivity contribution in [3.63, 3.8) is 0 Å². The average molecular weight is 556 g/mol. The lowest BCUT2D eigenvalue weighted by atomic mass is 10.1. The SMILES string of the molecule is O=C(O)C[C@@H](NS(=O)(=O)c1ccc(-c2cccc(NC(=O)Nc3nc4ccccc4[nH]3)c2)cc1)c1ccccc1. The first-order chi connectivity index (χ1) is 19.3. The third-order valence-electron chi connectivity index (χ3n) is 6.12. The van der Waals surface area contributed by atoms with Gasteiger partial charge in [-0.05, 0) is 53.1 Å². The number of carbonyl (C=O) groups is 2. The number of carbonyl (C=O) groups excluding carboxylic acids is 1. The Hall–Kier alpha value is -5.00. The third kappa shape index (κ3) is 6.34. The number of sulfonamides is 1. The van der Waals surface area contributed by atoms with E-state index in [4.69, 9.17) is 0 Å². The van der Waals surface area contributed by atoms with E-state index in [0.717, 1.165) is 22.2 Å². The minimum absolute atomic E-state index is 0.00191. The Kier molecular flexibility index (Phi) is 7.58. The van der Waals surface area contributed by atoms with Crippen LogP contribution in [0.4, 0.5) is 16.4 Å². The summed E-state index contributed by atoms with van der Waals surface area (Å²) in [5, 5.41) is 14.7. The van der Waals surface area contributed by atoms with E-state index >= 15 is 0 Å². The molecule has 1 atom stereocenters. The number of imidazole rings is 1. The number of fused-ring (bicyclic) bond motifs is 1. The fourth-order valence-corrected chi connectivity index (χ4v) is 5.45. The number of benzene rings is 4. The molecule has 202 valence electrons. The van der Waals surface area contributed by atoms with Crippen LogP contribution >= 0.6 is 0 Å². The molecule has 0 aliphatic rings. The molecule has 0 aliphatic carbocycles. The highest BCUT2D eigenvalue weighted by Crippen LogP contribution is 2.26. The van der Waals surface area contributed by atoms with E-state index in [2.05, 4.69) is 25.3 Å². The van der Waals surface area contributed by atoms with E-state index in [1.165, 1.54) is 12.1 Å². The van der Waals surface area contributed by atoms with Crippen molar-refractivity contribution in [2.24, 2.45) is 0 Å². The van der Waals surface area contributed by atoms with Crippen LogP contribution in [0.3, 0.4) is 0 Å². The van der Waals surface area contributed by atoms with Crippen LogP contribution in [0.5, 0.6) is 0 Å². The van der Waals surface area contributed by atoms with Crippen molar-refractivity contribution in [1.29, 1.82) is 0 Å². The summed E-state index contributed by atoms with van der Waals surface area (Å²) in [6.45, 7) is 0. The molecule has 0 radical (unpaired) electrons. The van der Waals surface area contributed by atoms with E-state index in [-0.39, 0.29) is 4.90 Å². The van der Waals surface area contributed by atoms with E-state index < -0.39 is 34.5 Å². The maximum atomic E-state index is 13.1. The number of amides is 2. The summed E-state index contributed by atoms with van der Waals surface area (Å²) in [6, 6.07) is 27.9. The van der Waals surface area contributed by atoms with Gasteiger partial charge >= 0.3 is 12.0 Å². The highest BCUT2D eigenvalue weighted by molar-refractivity contribution is 7.89. The van der Waals surface area contributed by atoms with Gasteiger partial charge in [-0.2, -0.15) is 0 Å². The molecular weight excluding hydrogens is 530 g/mol. The molecule has 1 aromatic heterocycles. The highest BCUT2D eigenvalue weighted by Gasteiger charge is 2.23. The second-order valence-corrected chi connectivity index (χ2v) is 10.7. The summed E-state index contributed by atoms with van der Waals surface area (Å²) in [6.07, 6.45) is -0.398. The zero-order valence-corrected chi connectivity index (χ0v) is 21.9. The fraction of sp³-hybridized carbons (Fsp3) is 0.0690. The number of urea groups is 1. The van der Waals surface area contributed by atoms with E-state index in [1.807, 2.05) is 30.3 Å². The Morgan fingerprint density at radius 1 is 0.825 bits per heavy atom. The normalized spacial score (nSPS) is 12.1. The molecule has 0 fully saturated rings. The number of para-hydroxylation sites is 2. The molecule has 40 heavy (non-hydrogen) atoms. The molecule has 4 aromatic carbocycles. The molecule has 11 heteroatoms. The molecule has 0 saturated heterocycles. The predicted molar refractivity (Wildman–Crippen MR) is 152 cm³/mol. The fourth-order valence-electron chi connectivity index (χ4n) is 4.23.